The Morgan fingerprint density at radius 1 is 1.00 bits per heavy atom. The minimum Gasteiger partial charge on any atom is -0.497 e. The van der Waals surface area contributed by atoms with Gasteiger partial charge in [-0.3, -0.25) is 9.59 Å². The number of hydrogen-bond donors (Lipinski definition) is 1. The highest BCUT2D eigenvalue weighted by Gasteiger charge is 2.29. The fraction of sp³-hybridized carbons (Fsp3) is 0.130. The van der Waals surface area contributed by atoms with E-state index in [-0.39, 0.29) is 17.6 Å². The van der Waals surface area contributed by atoms with E-state index in [1.165, 1.54) is 24.3 Å². The van der Waals surface area contributed by atoms with E-state index in [1.807, 2.05) is 6.07 Å². The molecule has 0 bridgehead atoms. The van der Waals surface area contributed by atoms with E-state index in [2.05, 4.69) is 5.32 Å². The summed E-state index contributed by atoms with van der Waals surface area (Å²) in [6.07, 6.45) is 0.578. The van der Waals surface area contributed by atoms with Gasteiger partial charge < -0.3 is 15.0 Å². The van der Waals surface area contributed by atoms with Crippen molar-refractivity contribution in [3.8, 4) is 5.75 Å². The SMILES string of the molecule is COc1ccc(NC(=O)c2cccc3c2CCN3C(=O)c2ccc(F)cc2)cc1. The maximum atomic E-state index is 13.2. The fourth-order valence-electron chi connectivity index (χ4n) is 3.48. The summed E-state index contributed by atoms with van der Waals surface area (Å²) in [5.41, 5.74) is 3.14. The van der Waals surface area contributed by atoms with Crippen LogP contribution in [0, 0.1) is 5.82 Å². The summed E-state index contributed by atoms with van der Waals surface area (Å²) in [6, 6.07) is 17.9. The van der Waals surface area contributed by atoms with Gasteiger partial charge in [0.2, 0.25) is 0 Å². The Kier molecular flexibility index (Phi) is 4.99. The third-order valence-corrected chi connectivity index (χ3v) is 4.96. The topological polar surface area (TPSA) is 58.6 Å². The minimum atomic E-state index is -0.388. The van der Waals surface area contributed by atoms with E-state index in [1.54, 1.807) is 48.4 Å². The van der Waals surface area contributed by atoms with Gasteiger partial charge in [0.25, 0.3) is 11.8 Å². The van der Waals surface area contributed by atoms with Crippen molar-refractivity contribution in [2.45, 2.75) is 6.42 Å². The van der Waals surface area contributed by atoms with Gasteiger partial charge in [-0.25, -0.2) is 4.39 Å². The zero-order chi connectivity index (χ0) is 20.4. The van der Waals surface area contributed by atoms with E-state index in [0.29, 0.717) is 41.2 Å². The van der Waals surface area contributed by atoms with Gasteiger partial charge in [-0.15, -0.1) is 0 Å². The van der Waals surface area contributed by atoms with Crippen LogP contribution in [0.4, 0.5) is 15.8 Å². The van der Waals surface area contributed by atoms with Crippen LogP contribution in [-0.4, -0.2) is 25.5 Å². The highest BCUT2D eigenvalue weighted by molar-refractivity contribution is 6.10. The average molecular weight is 390 g/mol. The monoisotopic (exact) mass is 390 g/mol. The van der Waals surface area contributed by atoms with Crippen LogP contribution in [0.15, 0.2) is 66.7 Å². The van der Waals surface area contributed by atoms with Crippen molar-refractivity contribution in [2.24, 2.45) is 0 Å². The Balaban J connectivity index is 1.57. The molecule has 2 amide bonds. The van der Waals surface area contributed by atoms with Gasteiger partial charge in [-0.2, -0.15) is 0 Å². The summed E-state index contributed by atoms with van der Waals surface area (Å²) < 4.78 is 18.3. The second-order valence-electron chi connectivity index (χ2n) is 6.70. The Morgan fingerprint density at radius 2 is 1.72 bits per heavy atom. The molecule has 0 aliphatic carbocycles. The summed E-state index contributed by atoms with van der Waals surface area (Å²) >= 11 is 0. The third-order valence-electron chi connectivity index (χ3n) is 4.96. The maximum Gasteiger partial charge on any atom is 0.258 e. The summed E-state index contributed by atoms with van der Waals surface area (Å²) in [7, 11) is 1.58. The van der Waals surface area contributed by atoms with Crippen molar-refractivity contribution < 1.29 is 18.7 Å². The van der Waals surface area contributed by atoms with Gasteiger partial charge in [-0.05, 0) is 72.6 Å². The predicted molar refractivity (Wildman–Crippen MR) is 109 cm³/mol. The molecule has 3 aromatic rings. The van der Waals surface area contributed by atoms with Crippen LogP contribution < -0.4 is 15.0 Å². The molecule has 4 rings (SSSR count). The number of nitrogens with zero attached hydrogens (tertiary/aromatic N) is 1. The van der Waals surface area contributed by atoms with E-state index in [4.69, 9.17) is 4.74 Å². The molecule has 3 aromatic carbocycles. The molecule has 0 saturated heterocycles. The molecule has 0 saturated carbocycles. The molecular formula is C23H19FN2O3. The second kappa shape index (κ2) is 7.75. The number of nitrogens with one attached hydrogen (secondary N) is 1. The van der Waals surface area contributed by atoms with Gasteiger partial charge in [-0.1, -0.05) is 6.07 Å². The fourth-order valence-corrected chi connectivity index (χ4v) is 3.48. The summed E-state index contributed by atoms with van der Waals surface area (Å²) in [4.78, 5) is 27.3. The lowest BCUT2D eigenvalue weighted by atomic mass is 10.0. The number of rotatable bonds is 4. The molecule has 1 aliphatic rings. The predicted octanol–water partition coefficient (Wildman–Crippen LogP) is 4.29. The molecule has 0 fully saturated rings. The Labute approximate surface area is 167 Å². The molecule has 0 aromatic heterocycles. The molecule has 0 unspecified atom stereocenters. The zero-order valence-electron chi connectivity index (χ0n) is 15.8. The first-order valence-corrected chi connectivity index (χ1v) is 9.21. The largest absolute Gasteiger partial charge is 0.497 e. The number of ether oxygens (including phenoxy) is 1. The molecule has 0 radical (unpaired) electrons. The Hall–Kier alpha value is -3.67. The average Bonchev–Trinajstić information content (AvgIpc) is 3.18. The van der Waals surface area contributed by atoms with Crippen LogP contribution >= 0.6 is 0 Å². The molecule has 0 atom stereocenters. The van der Waals surface area contributed by atoms with Gasteiger partial charge >= 0.3 is 0 Å². The van der Waals surface area contributed by atoms with Gasteiger partial charge in [0.05, 0.1) is 7.11 Å². The van der Waals surface area contributed by atoms with Crippen LogP contribution in [0.3, 0.4) is 0 Å². The lowest BCUT2D eigenvalue weighted by Crippen LogP contribution is -2.28. The van der Waals surface area contributed by atoms with Crippen molar-refractivity contribution in [3.05, 3.63) is 89.2 Å². The molecule has 6 heteroatoms. The van der Waals surface area contributed by atoms with E-state index in [9.17, 15) is 14.0 Å². The number of carbonyl (C=O) groups is 2. The molecule has 1 heterocycles. The second-order valence-corrected chi connectivity index (χ2v) is 6.70. The zero-order valence-corrected chi connectivity index (χ0v) is 15.8. The summed E-state index contributed by atoms with van der Waals surface area (Å²) in [6.45, 7) is 0.471. The van der Waals surface area contributed by atoms with Gasteiger partial charge in [0.1, 0.15) is 11.6 Å². The van der Waals surface area contributed by atoms with Crippen molar-refractivity contribution >= 4 is 23.2 Å². The number of methoxy groups -OCH3 is 1. The molecule has 0 spiro atoms. The van der Waals surface area contributed by atoms with E-state index in [0.717, 1.165) is 5.56 Å². The molecule has 29 heavy (non-hydrogen) atoms. The van der Waals surface area contributed by atoms with E-state index < -0.39 is 0 Å². The smallest absolute Gasteiger partial charge is 0.258 e. The molecule has 1 N–H and O–H groups in total. The number of anilines is 2. The number of amides is 2. The van der Waals surface area contributed by atoms with Crippen LogP contribution in [0.25, 0.3) is 0 Å². The highest BCUT2D eigenvalue weighted by Crippen LogP contribution is 2.32. The van der Waals surface area contributed by atoms with Crippen LogP contribution in [0.2, 0.25) is 0 Å². The van der Waals surface area contributed by atoms with Gasteiger partial charge in [0.15, 0.2) is 0 Å². The van der Waals surface area contributed by atoms with Crippen molar-refractivity contribution in [2.75, 3.05) is 23.9 Å². The number of halogens is 1. The first kappa shape index (κ1) is 18.7. The quantitative estimate of drug-likeness (QED) is 0.723. The first-order chi connectivity index (χ1) is 14.1. The Morgan fingerprint density at radius 3 is 2.41 bits per heavy atom. The van der Waals surface area contributed by atoms with Crippen LogP contribution in [0.5, 0.6) is 5.75 Å². The number of hydrogen-bond acceptors (Lipinski definition) is 3. The van der Waals surface area contributed by atoms with Crippen LogP contribution in [-0.2, 0) is 6.42 Å². The number of fused-ring (bicyclic) bond motifs is 1. The first-order valence-electron chi connectivity index (χ1n) is 9.21. The Bertz CT molecular complexity index is 1060. The third kappa shape index (κ3) is 3.69. The molecular weight excluding hydrogens is 371 g/mol. The molecule has 146 valence electrons. The van der Waals surface area contributed by atoms with Crippen LogP contribution in [0.1, 0.15) is 26.3 Å². The number of carbonyl (C=O) groups excluding carboxylic acids is 2. The summed E-state index contributed by atoms with van der Waals surface area (Å²) in [5, 5.41) is 2.88. The van der Waals surface area contributed by atoms with Gasteiger partial charge in [0, 0.05) is 29.0 Å². The van der Waals surface area contributed by atoms with Crippen molar-refractivity contribution in [1.29, 1.82) is 0 Å². The molecule has 1 aliphatic heterocycles. The highest BCUT2D eigenvalue weighted by atomic mass is 19.1. The van der Waals surface area contributed by atoms with Crippen molar-refractivity contribution in [3.63, 3.8) is 0 Å². The number of benzene rings is 3. The normalized spacial score (nSPS) is 12.4. The van der Waals surface area contributed by atoms with E-state index >= 15 is 0 Å². The summed E-state index contributed by atoms with van der Waals surface area (Å²) in [5.74, 6) is -0.126. The maximum absolute atomic E-state index is 13.2. The lowest BCUT2D eigenvalue weighted by Gasteiger charge is -2.18. The lowest BCUT2D eigenvalue weighted by molar-refractivity contribution is 0.0987. The van der Waals surface area contributed by atoms with Crippen molar-refractivity contribution in [1.82, 2.24) is 0 Å². The standard InChI is InChI=1S/C23H19FN2O3/c1-29-18-11-9-17(10-12-18)25-22(27)20-3-2-4-21-19(20)13-14-26(21)23(28)15-5-7-16(24)8-6-15/h2-12H,13-14H2,1H3,(H,25,27). The minimum absolute atomic E-state index is 0.212. The molecule has 5 nitrogen and oxygen atoms in total.